The van der Waals surface area contributed by atoms with Crippen molar-refractivity contribution in [2.45, 2.75) is 96.9 Å². The Bertz CT molecular complexity index is 1640. The molecule has 0 aliphatic carbocycles. The smallest absolute Gasteiger partial charge is 0.408 e. The van der Waals surface area contributed by atoms with Crippen LogP contribution in [-0.4, -0.2) is 77.9 Å². The number of methoxy groups -OCH3 is 1. The molecule has 5 N–H and O–H groups in total. The molecule has 0 aromatic heterocycles. The van der Waals surface area contributed by atoms with Gasteiger partial charge < -0.3 is 40.6 Å². The molecule has 4 amide bonds. The van der Waals surface area contributed by atoms with E-state index < -0.39 is 65.7 Å². The number of alkyl carbamates (subject to hydrolysis) is 1. The second-order valence-electron chi connectivity index (χ2n) is 14.1. The second-order valence-corrected chi connectivity index (χ2v) is 14.1. The van der Waals surface area contributed by atoms with Crippen molar-refractivity contribution in [1.29, 1.82) is 0 Å². The molecule has 0 saturated carbocycles. The summed E-state index contributed by atoms with van der Waals surface area (Å²) in [5.41, 5.74) is 1.56. The van der Waals surface area contributed by atoms with E-state index in [9.17, 15) is 29.1 Å². The van der Waals surface area contributed by atoms with Gasteiger partial charge in [0.1, 0.15) is 36.1 Å². The van der Waals surface area contributed by atoms with Crippen LogP contribution < -0.4 is 26.0 Å². The molecular weight excluding hydrogens is 680 g/mol. The van der Waals surface area contributed by atoms with Crippen LogP contribution in [0.15, 0.2) is 84.9 Å². The molecule has 286 valence electrons. The molecule has 0 spiro atoms. The quantitative estimate of drug-likeness (QED) is 0.130. The van der Waals surface area contributed by atoms with E-state index in [1.807, 2.05) is 36.4 Å². The molecule has 0 heterocycles. The van der Waals surface area contributed by atoms with E-state index in [2.05, 4.69) is 21.3 Å². The van der Waals surface area contributed by atoms with Crippen molar-refractivity contribution >= 4 is 29.8 Å². The van der Waals surface area contributed by atoms with Gasteiger partial charge in [0.15, 0.2) is 6.04 Å². The molecule has 0 fully saturated rings. The van der Waals surface area contributed by atoms with Crippen molar-refractivity contribution in [2.24, 2.45) is 5.92 Å². The third-order valence-electron chi connectivity index (χ3n) is 8.02. The van der Waals surface area contributed by atoms with Gasteiger partial charge in [0.25, 0.3) is 0 Å². The maximum Gasteiger partial charge on any atom is 0.408 e. The Hall–Kier alpha value is -5.43. The zero-order chi connectivity index (χ0) is 39.1. The second kappa shape index (κ2) is 20.0. The van der Waals surface area contributed by atoms with E-state index in [-0.39, 0.29) is 18.8 Å². The number of aliphatic hydroxyl groups is 1. The minimum absolute atomic E-state index is 0.0228. The monoisotopic (exact) mass is 732 g/mol. The molecule has 3 aromatic carbocycles. The number of benzene rings is 3. The molecule has 0 aliphatic heterocycles. The van der Waals surface area contributed by atoms with Crippen LogP contribution in [0, 0.1) is 5.92 Å². The van der Waals surface area contributed by atoms with Crippen LogP contribution in [0.2, 0.25) is 0 Å². The molecule has 3 rings (SSSR count). The molecule has 0 unspecified atom stereocenters. The molecule has 53 heavy (non-hydrogen) atoms. The maximum absolute atomic E-state index is 14.1. The normalized spacial score (nSPS) is 14.1. The number of nitrogens with one attached hydrogen (secondary N) is 4. The largest absolute Gasteiger partial charge is 0.489 e. The molecular formula is C40H52N4O9. The van der Waals surface area contributed by atoms with E-state index in [1.165, 1.54) is 6.92 Å². The number of hydrogen-bond acceptors (Lipinski definition) is 9. The van der Waals surface area contributed by atoms with Crippen LogP contribution in [-0.2, 0) is 48.1 Å². The first kappa shape index (κ1) is 42.0. The molecule has 13 heteroatoms. The molecule has 0 bridgehead atoms. The zero-order valence-corrected chi connectivity index (χ0v) is 31.4. The number of esters is 1. The van der Waals surface area contributed by atoms with E-state index in [0.29, 0.717) is 17.9 Å². The van der Waals surface area contributed by atoms with Gasteiger partial charge in [0.2, 0.25) is 17.7 Å². The van der Waals surface area contributed by atoms with Crippen molar-refractivity contribution in [3.05, 3.63) is 102 Å². The summed E-state index contributed by atoms with van der Waals surface area (Å²) < 4.78 is 16.0. The van der Waals surface area contributed by atoms with Crippen LogP contribution in [0.1, 0.15) is 58.2 Å². The summed E-state index contributed by atoms with van der Waals surface area (Å²) in [6, 6.07) is 20.7. The van der Waals surface area contributed by atoms with Gasteiger partial charge in [-0.3, -0.25) is 14.4 Å². The first-order valence-electron chi connectivity index (χ1n) is 17.5. The number of carbonyl (C=O) groups is 5. The van der Waals surface area contributed by atoms with Crippen LogP contribution in [0.25, 0.3) is 0 Å². The summed E-state index contributed by atoms with van der Waals surface area (Å²) >= 11 is 0. The van der Waals surface area contributed by atoms with E-state index in [1.54, 1.807) is 83.1 Å². The van der Waals surface area contributed by atoms with Gasteiger partial charge in [-0.2, -0.15) is 0 Å². The lowest BCUT2D eigenvalue weighted by Crippen LogP contribution is -2.60. The summed E-state index contributed by atoms with van der Waals surface area (Å²) in [5.74, 6) is -2.75. The van der Waals surface area contributed by atoms with E-state index in [4.69, 9.17) is 14.2 Å². The van der Waals surface area contributed by atoms with Gasteiger partial charge >= 0.3 is 12.1 Å². The van der Waals surface area contributed by atoms with Crippen molar-refractivity contribution in [1.82, 2.24) is 21.3 Å². The number of ether oxygens (including phenoxy) is 3. The number of rotatable bonds is 17. The minimum atomic E-state index is -1.41. The highest BCUT2D eigenvalue weighted by atomic mass is 16.6. The van der Waals surface area contributed by atoms with Gasteiger partial charge in [0.05, 0.1) is 13.2 Å². The standard InChI is InChI=1S/C40H52N4O9/c1-25(2)33(44-39(50)53-40(4,5)6)37(48)42-31(22-27-14-10-8-11-15-27)35(46)41-32(36(47)43-34(26(3)45)38(49)51-7)23-28-18-20-30(21-19-28)52-24-29-16-12-9-13-17-29/h8-21,25-26,31-34,45H,22-24H2,1-7H3,(H,41,46)(H,42,48)(H,43,47)(H,44,50)/t26-,31-,32-,33+,34+/m0/s1. The van der Waals surface area contributed by atoms with Crippen molar-refractivity contribution in [3.8, 4) is 5.75 Å². The fourth-order valence-electron chi connectivity index (χ4n) is 5.23. The van der Waals surface area contributed by atoms with E-state index in [0.717, 1.165) is 18.2 Å². The third-order valence-corrected chi connectivity index (χ3v) is 8.02. The number of hydrogen-bond donors (Lipinski definition) is 5. The SMILES string of the molecule is COC(=O)[C@H](NC(=O)[C@H](Cc1ccc(OCc2ccccc2)cc1)NC(=O)[C@H](Cc1ccccc1)NC(=O)[C@H](NC(=O)OC(C)(C)C)C(C)C)[C@H](C)O. The Balaban J connectivity index is 1.88. The highest BCUT2D eigenvalue weighted by molar-refractivity contribution is 5.95. The topological polar surface area (TPSA) is 181 Å². The Kier molecular flexibility index (Phi) is 15.8. The number of aliphatic hydroxyl groups excluding tert-OH is 1. The Morgan fingerprint density at radius 3 is 1.62 bits per heavy atom. The Morgan fingerprint density at radius 1 is 0.642 bits per heavy atom. The predicted octanol–water partition coefficient (Wildman–Crippen LogP) is 3.61. The summed E-state index contributed by atoms with van der Waals surface area (Å²) in [4.78, 5) is 66.6. The fourth-order valence-corrected chi connectivity index (χ4v) is 5.23. The Morgan fingerprint density at radius 2 is 1.13 bits per heavy atom. The molecule has 0 aliphatic rings. The van der Waals surface area contributed by atoms with Gasteiger partial charge in [-0.15, -0.1) is 0 Å². The number of amides is 4. The van der Waals surface area contributed by atoms with Crippen molar-refractivity contribution in [2.75, 3.05) is 7.11 Å². The molecule has 5 atom stereocenters. The highest BCUT2D eigenvalue weighted by Crippen LogP contribution is 2.17. The first-order chi connectivity index (χ1) is 25.1. The summed E-state index contributed by atoms with van der Waals surface area (Å²) in [6.45, 7) is 10.3. The highest BCUT2D eigenvalue weighted by Gasteiger charge is 2.34. The third kappa shape index (κ3) is 14.3. The van der Waals surface area contributed by atoms with Crippen molar-refractivity contribution < 1.29 is 43.3 Å². The maximum atomic E-state index is 14.1. The molecule has 0 radical (unpaired) electrons. The summed E-state index contributed by atoms with van der Waals surface area (Å²) in [7, 11) is 1.13. The van der Waals surface area contributed by atoms with Gasteiger partial charge in [-0.1, -0.05) is 86.6 Å². The molecule has 3 aromatic rings. The lowest BCUT2D eigenvalue weighted by Gasteiger charge is -2.28. The summed E-state index contributed by atoms with van der Waals surface area (Å²) in [6.07, 6.45) is -2.07. The average molecular weight is 733 g/mol. The zero-order valence-electron chi connectivity index (χ0n) is 31.4. The lowest BCUT2D eigenvalue weighted by atomic mass is 10.00. The van der Waals surface area contributed by atoms with Crippen molar-refractivity contribution in [3.63, 3.8) is 0 Å². The van der Waals surface area contributed by atoms with Crippen LogP contribution in [0.5, 0.6) is 5.75 Å². The van der Waals surface area contributed by atoms with Gasteiger partial charge in [0, 0.05) is 12.8 Å². The first-order valence-corrected chi connectivity index (χ1v) is 17.5. The fraction of sp³-hybridized carbons (Fsp3) is 0.425. The van der Waals surface area contributed by atoms with Crippen LogP contribution in [0.4, 0.5) is 4.79 Å². The van der Waals surface area contributed by atoms with Gasteiger partial charge in [-0.25, -0.2) is 9.59 Å². The summed E-state index contributed by atoms with van der Waals surface area (Å²) in [5, 5.41) is 20.9. The average Bonchev–Trinajstić information content (AvgIpc) is 3.11. The van der Waals surface area contributed by atoms with Gasteiger partial charge in [-0.05, 0) is 62.4 Å². The van der Waals surface area contributed by atoms with E-state index >= 15 is 0 Å². The van der Waals surface area contributed by atoms with Crippen LogP contribution in [0.3, 0.4) is 0 Å². The predicted molar refractivity (Wildman–Crippen MR) is 199 cm³/mol. The Labute approximate surface area is 311 Å². The number of carbonyl (C=O) groups excluding carboxylic acids is 5. The molecule has 13 nitrogen and oxygen atoms in total. The lowest BCUT2D eigenvalue weighted by molar-refractivity contribution is -0.148. The minimum Gasteiger partial charge on any atom is -0.489 e. The molecule has 0 saturated heterocycles. The van der Waals surface area contributed by atoms with Crippen LogP contribution >= 0.6 is 0 Å².